The molecule has 0 amide bonds. The summed E-state index contributed by atoms with van der Waals surface area (Å²) < 4.78 is 13.9. The van der Waals surface area contributed by atoms with E-state index in [1.165, 1.54) is 14.8 Å². The second-order valence-corrected chi connectivity index (χ2v) is 17.4. The van der Waals surface area contributed by atoms with Gasteiger partial charge in [0.15, 0.2) is 11.6 Å². The van der Waals surface area contributed by atoms with Gasteiger partial charge >= 0.3 is 0 Å². The number of aromatic nitrogens is 5. The third-order valence-corrected chi connectivity index (χ3v) is 13.9. The Bertz CT molecular complexity index is 4200. The SMILES string of the molecule is c1ccc(-c2ccc3c(c2)oc2cccc(-n4c5ccccc5c5ccc6c7ccccc7n(-c7nc(-c8ccccc8)nc(-c8cccc9sc%10ccccc%10c89)n7)c6c54)c23)cc1. The van der Waals surface area contributed by atoms with Crippen molar-refractivity contribution in [1.29, 1.82) is 0 Å². The molecule has 6 nitrogen and oxygen atoms in total. The zero-order valence-electron chi connectivity index (χ0n) is 34.1. The van der Waals surface area contributed by atoms with E-state index < -0.39 is 0 Å². The minimum atomic E-state index is 0.552. The highest BCUT2D eigenvalue weighted by Gasteiger charge is 2.25. The van der Waals surface area contributed by atoms with Gasteiger partial charge < -0.3 is 8.98 Å². The molecule has 0 unspecified atom stereocenters. The van der Waals surface area contributed by atoms with Gasteiger partial charge in [-0.15, -0.1) is 11.3 Å². The summed E-state index contributed by atoms with van der Waals surface area (Å²) in [5, 5.41) is 8.99. The average molecular weight is 836 g/mol. The van der Waals surface area contributed by atoms with Crippen LogP contribution in [0.3, 0.4) is 0 Å². The van der Waals surface area contributed by atoms with Gasteiger partial charge in [-0.1, -0.05) is 152 Å². The standard InChI is InChI=1S/C57H33N5OS/c1-3-15-34(16-4-1)36-29-30-41-48(33-36)63-47-26-14-25-46(52(41)47)61-44-23-10-7-19-37(44)39-31-32-40-38-20-8-11-24-45(38)62(54(40)53(39)61)57-59-55(35-17-5-2-6-18-35)58-56(60-57)43-22-13-28-50-51(43)42-21-9-12-27-49(42)64-50/h1-33H. The molecule has 7 heteroatoms. The summed E-state index contributed by atoms with van der Waals surface area (Å²) in [6.07, 6.45) is 0. The molecule has 5 heterocycles. The lowest BCUT2D eigenvalue weighted by Gasteiger charge is -2.14. The molecule has 0 N–H and O–H groups in total. The summed E-state index contributed by atoms with van der Waals surface area (Å²) in [5.74, 6) is 1.79. The molecule has 0 fully saturated rings. The quantitative estimate of drug-likeness (QED) is 0.173. The molecule has 0 aliphatic rings. The fourth-order valence-corrected chi connectivity index (χ4v) is 11.2. The number of hydrogen-bond donors (Lipinski definition) is 0. The number of hydrogen-bond acceptors (Lipinski definition) is 5. The van der Waals surface area contributed by atoms with E-state index in [2.05, 4.69) is 185 Å². The third kappa shape index (κ3) is 5.10. The van der Waals surface area contributed by atoms with Crippen molar-refractivity contribution in [3.05, 3.63) is 200 Å². The van der Waals surface area contributed by atoms with E-state index in [1.807, 2.05) is 24.3 Å². The summed E-state index contributed by atoms with van der Waals surface area (Å²) >= 11 is 1.80. The minimum Gasteiger partial charge on any atom is -0.456 e. The fraction of sp³-hybridized carbons (Fsp3) is 0. The van der Waals surface area contributed by atoms with E-state index in [0.29, 0.717) is 17.6 Å². The van der Waals surface area contributed by atoms with E-state index in [-0.39, 0.29) is 0 Å². The number of para-hydroxylation sites is 2. The predicted molar refractivity (Wildman–Crippen MR) is 265 cm³/mol. The average Bonchev–Trinajstić information content (AvgIpc) is 4.12. The maximum absolute atomic E-state index is 6.72. The number of benzene rings is 9. The van der Waals surface area contributed by atoms with Gasteiger partial charge in [0, 0.05) is 58.2 Å². The number of furan rings is 1. The molecule has 14 rings (SSSR count). The summed E-state index contributed by atoms with van der Waals surface area (Å²) in [7, 11) is 0. The monoisotopic (exact) mass is 835 g/mol. The van der Waals surface area contributed by atoms with Gasteiger partial charge in [0.05, 0.1) is 33.1 Å². The maximum Gasteiger partial charge on any atom is 0.238 e. The van der Waals surface area contributed by atoms with Crippen LogP contribution in [0.1, 0.15) is 0 Å². The van der Waals surface area contributed by atoms with Crippen LogP contribution >= 0.6 is 11.3 Å². The molecule has 0 bridgehead atoms. The van der Waals surface area contributed by atoms with Crippen LogP contribution in [0, 0.1) is 0 Å². The molecule has 0 spiro atoms. The topological polar surface area (TPSA) is 61.7 Å². The molecule has 298 valence electrons. The number of fused-ring (bicyclic) bond motifs is 13. The second kappa shape index (κ2) is 13.6. The van der Waals surface area contributed by atoms with Crippen LogP contribution in [0.5, 0.6) is 0 Å². The largest absolute Gasteiger partial charge is 0.456 e. The van der Waals surface area contributed by atoms with Gasteiger partial charge in [0.1, 0.15) is 11.2 Å². The van der Waals surface area contributed by atoms with Crippen LogP contribution in [0.2, 0.25) is 0 Å². The van der Waals surface area contributed by atoms with Crippen molar-refractivity contribution in [3.63, 3.8) is 0 Å². The Morgan fingerprint density at radius 3 is 1.77 bits per heavy atom. The first-order chi connectivity index (χ1) is 31.7. The third-order valence-electron chi connectivity index (χ3n) is 12.8. The summed E-state index contributed by atoms with van der Waals surface area (Å²) in [6.45, 7) is 0. The first-order valence-corrected chi connectivity index (χ1v) is 22.3. The lowest BCUT2D eigenvalue weighted by atomic mass is 10.0. The highest BCUT2D eigenvalue weighted by molar-refractivity contribution is 7.25. The minimum absolute atomic E-state index is 0.552. The number of nitrogens with zero attached hydrogens (tertiary/aromatic N) is 5. The molecule has 5 aromatic heterocycles. The van der Waals surface area contributed by atoms with E-state index >= 15 is 0 Å². The summed E-state index contributed by atoms with van der Waals surface area (Å²) in [6, 6.07) is 70.6. The summed E-state index contributed by atoms with van der Waals surface area (Å²) in [5.41, 5.74) is 11.1. The van der Waals surface area contributed by atoms with Crippen LogP contribution in [0.25, 0.3) is 131 Å². The van der Waals surface area contributed by atoms with E-state index in [4.69, 9.17) is 19.4 Å². The van der Waals surface area contributed by atoms with Crippen LogP contribution in [-0.2, 0) is 0 Å². The molecular weight excluding hydrogens is 803 g/mol. The molecular formula is C57H33N5OS. The molecule has 0 saturated heterocycles. The zero-order valence-corrected chi connectivity index (χ0v) is 34.9. The highest BCUT2D eigenvalue weighted by Crippen LogP contribution is 2.45. The Morgan fingerprint density at radius 1 is 0.375 bits per heavy atom. The summed E-state index contributed by atoms with van der Waals surface area (Å²) in [4.78, 5) is 16.2. The smallest absolute Gasteiger partial charge is 0.238 e. The van der Waals surface area contributed by atoms with E-state index in [9.17, 15) is 0 Å². The Kier molecular flexibility index (Phi) is 7.46. The van der Waals surface area contributed by atoms with Gasteiger partial charge in [-0.25, -0.2) is 4.98 Å². The molecule has 0 radical (unpaired) electrons. The van der Waals surface area contributed by atoms with Gasteiger partial charge in [-0.05, 0) is 59.7 Å². The predicted octanol–water partition coefficient (Wildman–Crippen LogP) is 15.3. The van der Waals surface area contributed by atoms with Crippen LogP contribution < -0.4 is 0 Å². The molecule has 14 aromatic rings. The van der Waals surface area contributed by atoms with E-state index in [1.54, 1.807) is 11.3 Å². The zero-order chi connectivity index (χ0) is 41.9. The van der Waals surface area contributed by atoms with Crippen molar-refractivity contribution in [2.45, 2.75) is 0 Å². The Morgan fingerprint density at radius 2 is 0.984 bits per heavy atom. The van der Waals surface area contributed by atoms with E-state index in [0.717, 1.165) is 98.9 Å². The number of thiophene rings is 1. The van der Waals surface area contributed by atoms with Crippen molar-refractivity contribution in [2.75, 3.05) is 0 Å². The molecule has 0 atom stereocenters. The molecule has 64 heavy (non-hydrogen) atoms. The lowest BCUT2D eigenvalue weighted by Crippen LogP contribution is -2.07. The molecule has 9 aromatic carbocycles. The highest BCUT2D eigenvalue weighted by atomic mass is 32.1. The molecule has 0 saturated carbocycles. The first-order valence-electron chi connectivity index (χ1n) is 21.4. The molecule has 0 aliphatic heterocycles. The van der Waals surface area contributed by atoms with Gasteiger partial charge in [0.2, 0.25) is 5.95 Å². The molecule has 0 aliphatic carbocycles. The van der Waals surface area contributed by atoms with Gasteiger partial charge in [-0.2, -0.15) is 9.97 Å². The van der Waals surface area contributed by atoms with Crippen molar-refractivity contribution in [1.82, 2.24) is 24.1 Å². The van der Waals surface area contributed by atoms with Gasteiger partial charge in [0.25, 0.3) is 0 Å². The lowest BCUT2D eigenvalue weighted by molar-refractivity contribution is 0.669. The van der Waals surface area contributed by atoms with Crippen molar-refractivity contribution < 1.29 is 4.42 Å². The second-order valence-electron chi connectivity index (χ2n) is 16.3. The fourth-order valence-electron chi connectivity index (χ4n) is 10.0. The van der Waals surface area contributed by atoms with Crippen molar-refractivity contribution in [2.24, 2.45) is 0 Å². The Balaban J connectivity index is 1.11. The first kappa shape index (κ1) is 35.2. The normalized spacial score (nSPS) is 12.1. The Labute approximate surface area is 369 Å². The van der Waals surface area contributed by atoms with Crippen LogP contribution in [-0.4, -0.2) is 24.1 Å². The Hall–Kier alpha value is -8.39. The maximum atomic E-state index is 6.72. The van der Waals surface area contributed by atoms with Crippen LogP contribution in [0.15, 0.2) is 205 Å². The van der Waals surface area contributed by atoms with Crippen LogP contribution in [0.4, 0.5) is 0 Å². The van der Waals surface area contributed by atoms with Gasteiger partial charge in [-0.3, -0.25) is 4.57 Å². The van der Waals surface area contributed by atoms with Crippen molar-refractivity contribution >= 4 is 97.1 Å². The van der Waals surface area contributed by atoms with Crippen molar-refractivity contribution in [3.8, 4) is 45.5 Å². The number of rotatable bonds is 5.